The minimum atomic E-state index is -0.0121. The van der Waals surface area contributed by atoms with Gasteiger partial charge < -0.3 is 20.3 Å². The second-order valence-electron chi connectivity index (χ2n) is 5.66. The Bertz CT molecular complexity index is 549. The highest BCUT2D eigenvalue weighted by Gasteiger charge is 2.23. The molecule has 118 valence electrons. The minimum absolute atomic E-state index is 0.0121. The van der Waals surface area contributed by atoms with Crippen molar-refractivity contribution in [3.63, 3.8) is 0 Å². The number of carbonyl (C=O) groups excluding carboxylic acids is 2. The van der Waals surface area contributed by atoms with Gasteiger partial charge in [0, 0.05) is 30.9 Å². The van der Waals surface area contributed by atoms with Crippen LogP contribution in [0.25, 0.3) is 0 Å². The molecule has 2 amide bonds. The molecule has 22 heavy (non-hydrogen) atoms. The Morgan fingerprint density at radius 1 is 1.27 bits per heavy atom. The molecule has 0 aliphatic carbocycles. The zero-order valence-electron chi connectivity index (χ0n) is 12.5. The van der Waals surface area contributed by atoms with Gasteiger partial charge in [0.15, 0.2) is 0 Å². The number of nitrogens with zero attached hydrogens (tertiary/aromatic N) is 1. The zero-order valence-corrected chi connectivity index (χ0v) is 12.5. The van der Waals surface area contributed by atoms with Gasteiger partial charge in [-0.3, -0.25) is 9.59 Å². The fourth-order valence-electron chi connectivity index (χ4n) is 2.80. The predicted molar refractivity (Wildman–Crippen MR) is 82.8 cm³/mol. The van der Waals surface area contributed by atoms with E-state index in [1.807, 2.05) is 6.07 Å². The monoisotopic (exact) mass is 303 g/mol. The first kappa shape index (κ1) is 15.0. The van der Waals surface area contributed by atoms with Gasteiger partial charge in [-0.2, -0.15) is 0 Å². The number of hydrogen-bond donors (Lipinski definition) is 2. The van der Waals surface area contributed by atoms with Crippen molar-refractivity contribution in [2.24, 2.45) is 5.92 Å². The van der Waals surface area contributed by atoms with E-state index < -0.39 is 0 Å². The summed E-state index contributed by atoms with van der Waals surface area (Å²) in [6, 6.07) is 7.15. The number of rotatable bonds is 3. The summed E-state index contributed by atoms with van der Waals surface area (Å²) >= 11 is 0. The molecule has 0 spiro atoms. The average molecular weight is 303 g/mol. The number of anilines is 1. The fraction of sp³-hybridized carbons (Fsp3) is 0.500. The summed E-state index contributed by atoms with van der Waals surface area (Å²) in [4.78, 5) is 26.4. The fourth-order valence-corrected chi connectivity index (χ4v) is 2.80. The van der Waals surface area contributed by atoms with Crippen molar-refractivity contribution in [2.45, 2.75) is 6.42 Å². The van der Waals surface area contributed by atoms with E-state index in [9.17, 15) is 9.59 Å². The van der Waals surface area contributed by atoms with Crippen LogP contribution in [-0.2, 0) is 9.53 Å². The van der Waals surface area contributed by atoms with E-state index in [1.165, 1.54) is 0 Å². The Hall–Kier alpha value is -1.92. The smallest absolute Gasteiger partial charge is 0.254 e. The lowest BCUT2D eigenvalue weighted by molar-refractivity contribution is -0.119. The van der Waals surface area contributed by atoms with Gasteiger partial charge in [0.2, 0.25) is 5.91 Å². The van der Waals surface area contributed by atoms with Crippen LogP contribution in [0.5, 0.6) is 0 Å². The summed E-state index contributed by atoms with van der Waals surface area (Å²) in [5.41, 5.74) is 1.28. The molecule has 0 bridgehead atoms. The van der Waals surface area contributed by atoms with E-state index in [0.717, 1.165) is 19.5 Å². The highest BCUT2D eigenvalue weighted by Crippen LogP contribution is 2.16. The van der Waals surface area contributed by atoms with Crippen LogP contribution in [0.2, 0.25) is 0 Å². The van der Waals surface area contributed by atoms with Crippen LogP contribution < -0.4 is 10.6 Å². The van der Waals surface area contributed by atoms with Crippen molar-refractivity contribution in [1.82, 2.24) is 10.2 Å². The van der Waals surface area contributed by atoms with Gasteiger partial charge in [0.05, 0.1) is 19.1 Å². The van der Waals surface area contributed by atoms with Crippen LogP contribution in [0.3, 0.4) is 0 Å². The second kappa shape index (κ2) is 6.89. The molecular weight excluding hydrogens is 282 g/mol. The summed E-state index contributed by atoms with van der Waals surface area (Å²) in [5.74, 6) is 0.0153. The molecule has 2 aliphatic heterocycles. The molecule has 0 radical (unpaired) electrons. The van der Waals surface area contributed by atoms with Gasteiger partial charge in [-0.1, -0.05) is 6.07 Å². The zero-order chi connectivity index (χ0) is 15.4. The molecule has 2 N–H and O–H groups in total. The second-order valence-corrected chi connectivity index (χ2v) is 5.66. The Labute approximate surface area is 129 Å². The largest absolute Gasteiger partial charge is 0.378 e. The van der Waals surface area contributed by atoms with Crippen LogP contribution in [0.15, 0.2) is 24.3 Å². The molecule has 1 unspecified atom stereocenters. The molecule has 0 aromatic heterocycles. The number of benzene rings is 1. The number of amides is 2. The Balaban J connectivity index is 1.66. The van der Waals surface area contributed by atoms with Gasteiger partial charge in [-0.15, -0.1) is 0 Å². The number of ether oxygens (including phenoxy) is 1. The SMILES string of the molecule is O=C(Nc1cccc(C(=O)N2CCOCC2)c1)C1CCNC1. The summed E-state index contributed by atoms with van der Waals surface area (Å²) in [6.07, 6.45) is 0.859. The van der Waals surface area contributed by atoms with Crippen LogP contribution in [-0.4, -0.2) is 56.1 Å². The highest BCUT2D eigenvalue weighted by atomic mass is 16.5. The highest BCUT2D eigenvalue weighted by molar-refractivity contribution is 5.97. The van der Waals surface area contributed by atoms with E-state index in [2.05, 4.69) is 10.6 Å². The molecular formula is C16H21N3O3. The number of morpholine rings is 1. The third-order valence-electron chi connectivity index (χ3n) is 4.11. The Morgan fingerprint density at radius 2 is 2.09 bits per heavy atom. The van der Waals surface area contributed by atoms with Crippen LogP contribution in [0.1, 0.15) is 16.8 Å². The molecule has 1 atom stereocenters. The average Bonchev–Trinajstić information content (AvgIpc) is 3.10. The third kappa shape index (κ3) is 3.45. The summed E-state index contributed by atoms with van der Waals surface area (Å²) in [6.45, 7) is 3.99. The van der Waals surface area contributed by atoms with Gasteiger partial charge in [0.1, 0.15) is 0 Å². The number of hydrogen-bond acceptors (Lipinski definition) is 4. The van der Waals surface area contributed by atoms with Crippen LogP contribution in [0.4, 0.5) is 5.69 Å². The lowest BCUT2D eigenvalue weighted by atomic mass is 10.1. The molecule has 2 saturated heterocycles. The standard InChI is InChI=1S/C16H21N3O3/c20-15(13-4-5-17-11-13)18-14-3-1-2-12(10-14)16(21)19-6-8-22-9-7-19/h1-3,10,13,17H,4-9,11H2,(H,18,20). The summed E-state index contributed by atoms with van der Waals surface area (Å²) in [5, 5.41) is 6.09. The predicted octanol–water partition coefficient (Wildman–Crippen LogP) is 0.707. The lowest BCUT2D eigenvalue weighted by Crippen LogP contribution is -2.40. The summed E-state index contributed by atoms with van der Waals surface area (Å²) < 4.78 is 5.26. The molecule has 2 heterocycles. The van der Waals surface area contributed by atoms with E-state index in [1.54, 1.807) is 23.1 Å². The quantitative estimate of drug-likeness (QED) is 0.862. The van der Waals surface area contributed by atoms with Crippen molar-refractivity contribution < 1.29 is 14.3 Å². The molecule has 3 rings (SSSR count). The molecule has 6 nitrogen and oxygen atoms in total. The van der Waals surface area contributed by atoms with Crippen molar-refractivity contribution >= 4 is 17.5 Å². The minimum Gasteiger partial charge on any atom is -0.378 e. The van der Waals surface area contributed by atoms with Gasteiger partial charge in [-0.25, -0.2) is 0 Å². The van der Waals surface area contributed by atoms with Crippen LogP contribution >= 0.6 is 0 Å². The number of carbonyl (C=O) groups is 2. The third-order valence-corrected chi connectivity index (χ3v) is 4.11. The van der Waals surface area contributed by atoms with E-state index in [0.29, 0.717) is 37.6 Å². The van der Waals surface area contributed by atoms with E-state index in [4.69, 9.17) is 4.74 Å². The maximum atomic E-state index is 12.4. The Kier molecular flexibility index (Phi) is 4.70. The van der Waals surface area contributed by atoms with Gasteiger partial charge in [0.25, 0.3) is 5.91 Å². The first-order valence-corrected chi connectivity index (χ1v) is 7.73. The van der Waals surface area contributed by atoms with Gasteiger partial charge in [-0.05, 0) is 31.2 Å². The lowest BCUT2D eigenvalue weighted by Gasteiger charge is -2.27. The Morgan fingerprint density at radius 3 is 2.82 bits per heavy atom. The first-order valence-electron chi connectivity index (χ1n) is 7.73. The van der Waals surface area contributed by atoms with E-state index >= 15 is 0 Å². The maximum Gasteiger partial charge on any atom is 0.254 e. The topological polar surface area (TPSA) is 70.7 Å². The number of nitrogens with one attached hydrogen (secondary N) is 2. The van der Waals surface area contributed by atoms with Crippen molar-refractivity contribution in [2.75, 3.05) is 44.7 Å². The molecule has 0 saturated carbocycles. The molecule has 1 aromatic rings. The maximum absolute atomic E-state index is 12.4. The first-order chi connectivity index (χ1) is 10.7. The van der Waals surface area contributed by atoms with Crippen molar-refractivity contribution in [3.05, 3.63) is 29.8 Å². The normalized spacial score (nSPS) is 21.6. The van der Waals surface area contributed by atoms with Crippen LogP contribution in [0, 0.1) is 5.92 Å². The molecule has 2 aliphatic rings. The summed E-state index contributed by atoms with van der Waals surface area (Å²) in [7, 11) is 0. The molecule has 6 heteroatoms. The molecule has 1 aromatic carbocycles. The van der Waals surface area contributed by atoms with E-state index in [-0.39, 0.29) is 17.7 Å². The molecule has 2 fully saturated rings. The van der Waals surface area contributed by atoms with Gasteiger partial charge >= 0.3 is 0 Å². The van der Waals surface area contributed by atoms with Crippen molar-refractivity contribution in [3.8, 4) is 0 Å². The van der Waals surface area contributed by atoms with Crippen molar-refractivity contribution in [1.29, 1.82) is 0 Å².